The van der Waals surface area contributed by atoms with Crippen LogP contribution in [-0.2, 0) is 11.3 Å². The predicted octanol–water partition coefficient (Wildman–Crippen LogP) is 1.39. The summed E-state index contributed by atoms with van der Waals surface area (Å²) < 4.78 is 9.09. The van der Waals surface area contributed by atoms with Gasteiger partial charge in [-0.05, 0) is 19.3 Å². The molecule has 1 aliphatic carbocycles. The van der Waals surface area contributed by atoms with Crippen molar-refractivity contribution in [1.82, 2.24) is 14.5 Å². The molecule has 0 unspecified atom stereocenters. The summed E-state index contributed by atoms with van der Waals surface area (Å²) in [6.45, 7) is 6.15. The summed E-state index contributed by atoms with van der Waals surface area (Å²) in [5, 5.41) is 3.30. The molecule has 1 N–H and O–H groups in total. The van der Waals surface area contributed by atoms with Crippen LogP contribution in [0.2, 0.25) is 0 Å². The van der Waals surface area contributed by atoms with Gasteiger partial charge in [0.15, 0.2) is 0 Å². The minimum atomic E-state index is 0.128. The number of hydrogen-bond donors (Lipinski definition) is 1. The second-order valence-electron chi connectivity index (χ2n) is 5.13. The summed E-state index contributed by atoms with van der Waals surface area (Å²) >= 11 is 0. The van der Waals surface area contributed by atoms with Crippen LogP contribution in [0.1, 0.15) is 38.6 Å². The van der Waals surface area contributed by atoms with Crippen molar-refractivity contribution in [3.8, 4) is 0 Å². The topological polar surface area (TPSA) is 48.2 Å². The number of hydrogen-bond acceptors (Lipinski definition) is 3. The Hall–Kier alpha value is -1.07. The van der Waals surface area contributed by atoms with E-state index in [0.29, 0.717) is 6.04 Å². The van der Waals surface area contributed by atoms with Gasteiger partial charge >= 0.3 is 5.69 Å². The fraction of sp³-hybridized carbons (Fsp3) is 0.786. The van der Waals surface area contributed by atoms with Crippen LogP contribution in [0.4, 0.5) is 0 Å². The quantitative estimate of drug-likeness (QED) is 0.652. The lowest BCUT2D eigenvalue weighted by Gasteiger charge is -2.06. The van der Waals surface area contributed by atoms with Gasteiger partial charge in [0.2, 0.25) is 0 Å². The zero-order valence-corrected chi connectivity index (χ0v) is 11.8. The van der Waals surface area contributed by atoms with Crippen LogP contribution in [0.25, 0.3) is 0 Å². The van der Waals surface area contributed by atoms with E-state index in [0.717, 1.165) is 52.1 Å². The van der Waals surface area contributed by atoms with E-state index in [-0.39, 0.29) is 5.69 Å². The third kappa shape index (κ3) is 4.51. The number of unbranched alkanes of at least 4 members (excludes halogenated alkanes) is 1. The first-order valence-corrected chi connectivity index (χ1v) is 7.38. The molecule has 0 bridgehead atoms. The molecule has 1 saturated carbocycles. The monoisotopic (exact) mass is 267 g/mol. The molecule has 0 atom stereocenters. The van der Waals surface area contributed by atoms with Gasteiger partial charge in [0.05, 0.1) is 6.61 Å². The number of ether oxygens (including phenoxy) is 1. The van der Waals surface area contributed by atoms with Gasteiger partial charge in [-0.1, -0.05) is 13.3 Å². The van der Waals surface area contributed by atoms with E-state index in [1.165, 1.54) is 6.42 Å². The lowest BCUT2D eigenvalue weighted by atomic mass is 10.4. The molecule has 1 aromatic rings. The smallest absolute Gasteiger partial charge is 0.328 e. The average Bonchev–Trinajstić information content (AvgIpc) is 3.18. The van der Waals surface area contributed by atoms with Crippen LogP contribution in [0, 0.1) is 0 Å². The van der Waals surface area contributed by atoms with Crippen LogP contribution < -0.4 is 11.0 Å². The van der Waals surface area contributed by atoms with Crippen molar-refractivity contribution in [2.24, 2.45) is 0 Å². The molecule has 19 heavy (non-hydrogen) atoms. The average molecular weight is 267 g/mol. The fourth-order valence-electron chi connectivity index (χ4n) is 2.05. The van der Waals surface area contributed by atoms with Gasteiger partial charge in [-0.3, -0.25) is 9.13 Å². The summed E-state index contributed by atoms with van der Waals surface area (Å²) in [5.74, 6) is 0. The summed E-state index contributed by atoms with van der Waals surface area (Å²) in [5.41, 5.74) is 0.128. The maximum Gasteiger partial charge on any atom is 0.328 e. The van der Waals surface area contributed by atoms with Gasteiger partial charge in [-0.15, -0.1) is 0 Å². The number of nitrogens with zero attached hydrogens (tertiary/aromatic N) is 2. The molecule has 0 amide bonds. The Balaban J connectivity index is 1.57. The third-order valence-corrected chi connectivity index (χ3v) is 3.41. The van der Waals surface area contributed by atoms with Gasteiger partial charge in [0.1, 0.15) is 0 Å². The van der Waals surface area contributed by atoms with E-state index in [1.807, 2.05) is 17.0 Å². The highest BCUT2D eigenvalue weighted by Gasteiger charge is 2.25. The second kappa shape index (κ2) is 7.50. The minimum Gasteiger partial charge on any atom is -0.380 e. The summed E-state index contributed by atoms with van der Waals surface area (Å²) in [4.78, 5) is 12.0. The first kappa shape index (κ1) is 14.3. The maximum absolute atomic E-state index is 12.0. The number of aromatic nitrogens is 2. The molecule has 0 spiro atoms. The Morgan fingerprint density at radius 3 is 2.89 bits per heavy atom. The normalized spacial score (nSPS) is 15.0. The van der Waals surface area contributed by atoms with Crippen molar-refractivity contribution in [3.05, 3.63) is 22.9 Å². The van der Waals surface area contributed by atoms with Crippen LogP contribution in [0.15, 0.2) is 17.2 Å². The highest BCUT2D eigenvalue weighted by molar-refractivity contribution is 4.91. The molecule has 0 aromatic carbocycles. The summed E-state index contributed by atoms with van der Waals surface area (Å²) in [6, 6.07) is 0.466. The van der Waals surface area contributed by atoms with E-state index in [9.17, 15) is 4.79 Å². The molecule has 0 radical (unpaired) electrons. The van der Waals surface area contributed by atoms with Gasteiger partial charge in [0.25, 0.3) is 0 Å². The van der Waals surface area contributed by atoms with E-state index >= 15 is 0 Å². The van der Waals surface area contributed by atoms with Gasteiger partial charge in [-0.25, -0.2) is 4.79 Å². The molecule has 1 aliphatic rings. The summed E-state index contributed by atoms with van der Waals surface area (Å²) in [7, 11) is 0. The van der Waals surface area contributed by atoms with Crippen molar-refractivity contribution >= 4 is 0 Å². The number of nitrogens with one attached hydrogen (secondary N) is 1. The molecule has 1 fully saturated rings. The Morgan fingerprint density at radius 1 is 1.32 bits per heavy atom. The molecule has 1 heterocycles. The molecule has 5 nitrogen and oxygen atoms in total. The Kier molecular flexibility index (Phi) is 5.66. The third-order valence-electron chi connectivity index (χ3n) is 3.41. The van der Waals surface area contributed by atoms with Gasteiger partial charge in [0, 0.05) is 44.7 Å². The lowest BCUT2D eigenvalue weighted by Crippen LogP contribution is -2.29. The van der Waals surface area contributed by atoms with Crippen molar-refractivity contribution in [2.75, 3.05) is 26.3 Å². The molecule has 0 saturated heterocycles. The molecule has 2 rings (SSSR count). The minimum absolute atomic E-state index is 0.128. The lowest BCUT2D eigenvalue weighted by molar-refractivity contribution is 0.133. The largest absolute Gasteiger partial charge is 0.380 e. The molecule has 108 valence electrons. The second-order valence-corrected chi connectivity index (χ2v) is 5.13. The van der Waals surface area contributed by atoms with Gasteiger partial charge < -0.3 is 10.1 Å². The Bertz CT molecular complexity index is 421. The molecular weight excluding hydrogens is 242 g/mol. The molecule has 1 aromatic heterocycles. The fourth-order valence-corrected chi connectivity index (χ4v) is 2.05. The standard InChI is InChI=1S/C14H25N3O2/c1-2-3-11-19-12-7-15-6-8-16-9-10-17(14(16)18)13-4-5-13/h9-10,13,15H,2-8,11-12H2,1H3. The van der Waals surface area contributed by atoms with E-state index in [4.69, 9.17) is 4.74 Å². The van der Waals surface area contributed by atoms with Crippen LogP contribution >= 0.6 is 0 Å². The molecular formula is C14H25N3O2. The van der Waals surface area contributed by atoms with E-state index in [1.54, 1.807) is 4.57 Å². The van der Waals surface area contributed by atoms with Crippen molar-refractivity contribution in [2.45, 2.75) is 45.2 Å². The van der Waals surface area contributed by atoms with Crippen molar-refractivity contribution in [1.29, 1.82) is 0 Å². The number of rotatable bonds is 10. The highest BCUT2D eigenvalue weighted by atomic mass is 16.5. The summed E-state index contributed by atoms with van der Waals surface area (Å²) in [6.07, 6.45) is 8.40. The van der Waals surface area contributed by atoms with Crippen molar-refractivity contribution < 1.29 is 4.74 Å². The molecule has 5 heteroatoms. The molecule has 0 aliphatic heterocycles. The maximum atomic E-state index is 12.0. The first-order valence-electron chi connectivity index (χ1n) is 7.38. The number of imidazole rings is 1. The highest BCUT2D eigenvalue weighted by Crippen LogP contribution is 2.33. The zero-order chi connectivity index (χ0) is 13.5. The Morgan fingerprint density at radius 2 is 2.16 bits per heavy atom. The first-order chi connectivity index (χ1) is 9.33. The SMILES string of the molecule is CCCCOCCNCCn1ccn(C2CC2)c1=O. The van der Waals surface area contributed by atoms with Crippen molar-refractivity contribution in [3.63, 3.8) is 0 Å². The van der Waals surface area contributed by atoms with Gasteiger partial charge in [-0.2, -0.15) is 0 Å². The predicted molar refractivity (Wildman–Crippen MR) is 75.6 cm³/mol. The zero-order valence-electron chi connectivity index (χ0n) is 11.8. The van der Waals surface area contributed by atoms with E-state index in [2.05, 4.69) is 12.2 Å². The van der Waals surface area contributed by atoms with Crippen LogP contribution in [0.3, 0.4) is 0 Å². The van der Waals surface area contributed by atoms with E-state index < -0.39 is 0 Å². The van der Waals surface area contributed by atoms with Crippen LogP contribution in [0.5, 0.6) is 0 Å². The Labute approximate surface area is 114 Å². The van der Waals surface area contributed by atoms with Crippen LogP contribution in [-0.4, -0.2) is 35.4 Å².